The number of carbonyl (C=O) groups excluding carboxylic acids is 1. The van der Waals surface area contributed by atoms with Gasteiger partial charge in [-0.25, -0.2) is 22.9 Å². The number of nitrogens with zero attached hydrogens (tertiary/aromatic N) is 3. The van der Waals surface area contributed by atoms with Crippen LogP contribution in [0.4, 0.5) is 13.2 Å². The SMILES string of the molecule is CC(C)OC(=O)C=Cn1cnc(-c2cc(C(F)(F)F)cc(S(C)(=O)=O)c2)n1. The maximum absolute atomic E-state index is 13.1. The molecule has 0 fully saturated rings. The number of halogens is 3. The fourth-order valence-corrected chi connectivity index (χ4v) is 2.68. The number of sulfone groups is 1. The van der Waals surface area contributed by atoms with E-state index in [1.165, 1.54) is 6.20 Å². The van der Waals surface area contributed by atoms with Crippen LogP contribution >= 0.6 is 0 Å². The third kappa shape index (κ3) is 5.64. The molecule has 11 heteroatoms. The van der Waals surface area contributed by atoms with Gasteiger partial charge in [-0.1, -0.05) is 0 Å². The van der Waals surface area contributed by atoms with Crippen LogP contribution < -0.4 is 0 Å². The van der Waals surface area contributed by atoms with Gasteiger partial charge >= 0.3 is 12.1 Å². The molecule has 0 amide bonds. The number of benzene rings is 1. The molecular weight excluding hydrogens is 387 g/mol. The maximum atomic E-state index is 13.1. The van der Waals surface area contributed by atoms with Crippen LogP contribution in [0.25, 0.3) is 17.6 Å². The van der Waals surface area contributed by atoms with Gasteiger partial charge in [0.1, 0.15) is 6.33 Å². The standard InChI is InChI=1S/C16H16F3N3O4S/c1-10(2)26-14(23)4-5-22-9-20-15(21-22)11-6-12(16(17,18)19)8-13(7-11)27(3,24)25/h4-10H,1-3H3. The Morgan fingerprint density at radius 1 is 1.26 bits per heavy atom. The van der Waals surface area contributed by atoms with Crippen LogP contribution in [0.15, 0.2) is 35.5 Å². The van der Waals surface area contributed by atoms with Crippen molar-refractivity contribution in [3.05, 3.63) is 36.2 Å². The second-order valence-corrected chi connectivity index (χ2v) is 7.88. The van der Waals surface area contributed by atoms with Gasteiger partial charge in [-0.05, 0) is 32.0 Å². The fraction of sp³-hybridized carbons (Fsp3) is 0.312. The number of rotatable bonds is 5. The predicted octanol–water partition coefficient (Wildman–Crippen LogP) is 2.79. The van der Waals surface area contributed by atoms with Crippen molar-refractivity contribution < 1.29 is 31.1 Å². The lowest BCUT2D eigenvalue weighted by Gasteiger charge is -2.10. The van der Waals surface area contributed by atoms with E-state index >= 15 is 0 Å². The molecule has 0 aliphatic carbocycles. The van der Waals surface area contributed by atoms with E-state index in [9.17, 15) is 26.4 Å². The highest BCUT2D eigenvalue weighted by atomic mass is 32.2. The zero-order valence-electron chi connectivity index (χ0n) is 14.6. The molecule has 0 bridgehead atoms. The Labute approximate surface area is 153 Å². The first-order valence-electron chi connectivity index (χ1n) is 7.59. The van der Waals surface area contributed by atoms with Gasteiger partial charge in [0.2, 0.25) is 0 Å². The molecule has 0 unspecified atom stereocenters. The lowest BCUT2D eigenvalue weighted by atomic mass is 10.1. The number of carbonyl (C=O) groups is 1. The lowest BCUT2D eigenvalue weighted by Crippen LogP contribution is -2.08. The van der Waals surface area contributed by atoms with Crippen molar-refractivity contribution >= 4 is 22.0 Å². The Morgan fingerprint density at radius 3 is 2.48 bits per heavy atom. The summed E-state index contributed by atoms with van der Waals surface area (Å²) < 4.78 is 68.6. The van der Waals surface area contributed by atoms with E-state index in [0.29, 0.717) is 6.07 Å². The lowest BCUT2D eigenvalue weighted by molar-refractivity contribution is -0.141. The smallest absolute Gasteiger partial charge is 0.416 e. The van der Waals surface area contributed by atoms with Crippen LogP contribution in [0.5, 0.6) is 0 Å². The van der Waals surface area contributed by atoms with Crippen LogP contribution in [-0.4, -0.2) is 41.5 Å². The summed E-state index contributed by atoms with van der Waals surface area (Å²) in [5.74, 6) is -0.756. The van der Waals surface area contributed by atoms with Crippen LogP contribution in [-0.2, 0) is 25.5 Å². The van der Waals surface area contributed by atoms with Crippen LogP contribution in [0.3, 0.4) is 0 Å². The number of ether oxygens (including phenoxy) is 1. The van der Waals surface area contributed by atoms with Crippen molar-refractivity contribution in [2.45, 2.75) is 31.0 Å². The topological polar surface area (TPSA) is 91.2 Å². The quantitative estimate of drug-likeness (QED) is 0.563. The molecule has 27 heavy (non-hydrogen) atoms. The van der Waals surface area contributed by atoms with Gasteiger partial charge in [0.15, 0.2) is 15.7 Å². The third-order valence-corrected chi connectivity index (χ3v) is 4.24. The van der Waals surface area contributed by atoms with E-state index < -0.39 is 32.4 Å². The highest BCUT2D eigenvalue weighted by molar-refractivity contribution is 7.90. The largest absolute Gasteiger partial charge is 0.460 e. The van der Waals surface area contributed by atoms with Gasteiger partial charge < -0.3 is 4.74 Å². The summed E-state index contributed by atoms with van der Waals surface area (Å²) in [5, 5.41) is 3.93. The van der Waals surface area contributed by atoms with Crippen molar-refractivity contribution in [3.63, 3.8) is 0 Å². The first kappa shape index (κ1) is 20.6. The van der Waals surface area contributed by atoms with Crippen molar-refractivity contribution in [1.29, 1.82) is 0 Å². The molecule has 2 aromatic rings. The minimum absolute atomic E-state index is 0.123. The number of hydrogen-bond donors (Lipinski definition) is 0. The summed E-state index contributed by atoms with van der Waals surface area (Å²) >= 11 is 0. The fourth-order valence-electron chi connectivity index (χ4n) is 1.99. The zero-order chi connectivity index (χ0) is 20.4. The predicted molar refractivity (Wildman–Crippen MR) is 90.1 cm³/mol. The Hall–Kier alpha value is -2.69. The number of alkyl halides is 3. The number of esters is 1. The molecule has 1 aromatic heterocycles. The molecule has 1 aromatic carbocycles. The summed E-state index contributed by atoms with van der Waals surface area (Å²) in [6, 6.07) is 2.36. The molecule has 1 heterocycles. The third-order valence-electron chi connectivity index (χ3n) is 3.14. The monoisotopic (exact) mass is 403 g/mol. The van der Waals surface area contributed by atoms with E-state index in [1.54, 1.807) is 13.8 Å². The van der Waals surface area contributed by atoms with Gasteiger partial charge in [0, 0.05) is 24.1 Å². The molecule has 7 nitrogen and oxygen atoms in total. The van der Waals surface area contributed by atoms with Crippen LogP contribution in [0.2, 0.25) is 0 Å². The van der Waals surface area contributed by atoms with Crippen molar-refractivity contribution in [2.75, 3.05) is 6.26 Å². The average Bonchev–Trinajstić information content (AvgIpc) is 2.99. The molecule has 146 valence electrons. The minimum Gasteiger partial charge on any atom is -0.460 e. The van der Waals surface area contributed by atoms with Crippen LogP contribution in [0, 0.1) is 0 Å². The van der Waals surface area contributed by atoms with Crippen LogP contribution in [0.1, 0.15) is 19.4 Å². The highest BCUT2D eigenvalue weighted by Gasteiger charge is 2.32. The molecule has 0 aliphatic rings. The molecule has 0 aliphatic heterocycles. The van der Waals surface area contributed by atoms with E-state index in [-0.39, 0.29) is 17.5 Å². The molecule has 0 saturated heterocycles. The Balaban J connectivity index is 2.40. The first-order chi connectivity index (χ1) is 12.4. The van der Waals surface area contributed by atoms with Gasteiger partial charge in [-0.3, -0.25) is 0 Å². The number of hydrogen-bond acceptors (Lipinski definition) is 6. The van der Waals surface area contributed by atoms with Crippen molar-refractivity contribution in [1.82, 2.24) is 14.8 Å². The van der Waals surface area contributed by atoms with E-state index in [4.69, 9.17) is 4.74 Å². The van der Waals surface area contributed by atoms with Crippen molar-refractivity contribution in [3.8, 4) is 11.4 Å². The molecule has 0 atom stereocenters. The minimum atomic E-state index is -4.74. The van der Waals surface area contributed by atoms with Gasteiger partial charge in [0.05, 0.1) is 16.6 Å². The Morgan fingerprint density at radius 2 is 1.93 bits per heavy atom. The second-order valence-electron chi connectivity index (χ2n) is 5.87. The van der Waals surface area contributed by atoms with E-state index in [1.807, 2.05) is 0 Å². The summed E-state index contributed by atoms with van der Waals surface area (Å²) in [5.41, 5.74) is -1.25. The van der Waals surface area contributed by atoms with Gasteiger partial charge in [-0.2, -0.15) is 13.2 Å². The molecule has 0 radical (unpaired) electrons. The van der Waals surface area contributed by atoms with E-state index in [0.717, 1.165) is 35.5 Å². The van der Waals surface area contributed by atoms with Gasteiger partial charge in [-0.15, -0.1) is 5.10 Å². The molecule has 0 spiro atoms. The maximum Gasteiger partial charge on any atom is 0.416 e. The second kappa shape index (κ2) is 7.51. The molecular formula is C16H16F3N3O4S. The normalized spacial score (nSPS) is 12.7. The summed E-state index contributed by atoms with van der Waals surface area (Å²) in [7, 11) is -3.88. The summed E-state index contributed by atoms with van der Waals surface area (Å²) in [4.78, 5) is 14.8. The average molecular weight is 403 g/mol. The highest BCUT2D eigenvalue weighted by Crippen LogP contribution is 2.33. The van der Waals surface area contributed by atoms with Gasteiger partial charge in [0.25, 0.3) is 0 Å². The molecule has 2 rings (SSSR count). The molecule has 0 N–H and O–H groups in total. The zero-order valence-corrected chi connectivity index (χ0v) is 15.4. The Kier molecular flexibility index (Phi) is 5.73. The summed E-state index contributed by atoms with van der Waals surface area (Å²) in [6.07, 6.45) is -0.791. The van der Waals surface area contributed by atoms with E-state index in [2.05, 4.69) is 10.1 Å². The Bertz CT molecular complexity index is 979. The van der Waals surface area contributed by atoms with Crippen molar-refractivity contribution in [2.24, 2.45) is 0 Å². The summed E-state index contributed by atoms with van der Waals surface area (Å²) in [6.45, 7) is 3.35. The first-order valence-corrected chi connectivity index (χ1v) is 9.48. The number of aromatic nitrogens is 3. The molecule has 0 saturated carbocycles.